The molecule has 0 unspecified atom stereocenters. The summed E-state index contributed by atoms with van der Waals surface area (Å²) in [6.45, 7) is 3.25. The Morgan fingerprint density at radius 1 is 1.12 bits per heavy atom. The number of benzene rings is 1. The van der Waals surface area contributed by atoms with Gasteiger partial charge in [-0.3, -0.25) is 0 Å². The summed E-state index contributed by atoms with van der Waals surface area (Å²) in [4.78, 5) is 0. The normalized spacial score (nSPS) is 10.5. The Morgan fingerprint density at radius 3 is 2.59 bits per heavy atom. The van der Waals surface area contributed by atoms with E-state index in [1.165, 1.54) is 38.5 Å². The minimum absolute atomic E-state index is 0.791. The summed E-state index contributed by atoms with van der Waals surface area (Å²) in [5, 5.41) is 4.17. The number of nitrogens with one attached hydrogen (secondary N) is 1. The van der Waals surface area contributed by atoms with Crippen molar-refractivity contribution in [2.24, 2.45) is 0 Å². The first kappa shape index (κ1) is 14.8. The van der Waals surface area contributed by atoms with Crippen molar-refractivity contribution < 1.29 is 0 Å². The standard InChI is InChI=1S/C14H21BrClN/c1-2-3-4-5-6-7-10-17-14-11-12(15)8-9-13(14)16/h8-9,11,17H,2-7,10H2,1H3. The van der Waals surface area contributed by atoms with Crippen LogP contribution in [0.15, 0.2) is 22.7 Å². The zero-order valence-corrected chi connectivity index (χ0v) is 12.8. The Labute approximate surface area is 118 Å². The summed E-state index contributed by atoms with van der Waals surface area (Å²) >= 11 is 9.54. The average Bonchev–Trinajstić information content (AvgIpc) is 2.32. The second-order valence-corrected chi connectivity index (χ2v) is 5.64. The summed E-state index contributed by atoms with van der Waals surface area (Å²) in [5.41, 5.74) is 1.02. The van der Waals surface area contributed by atoms with Gasteiger partial charge in [-0.1, -0.05) is 66.6 Å². The molecule has 0 aliphatic heterocycles. The van der Waals surface area contributed by atoms with Crippen molar-refractivity contribution >= 4 is 33.2 Å². The molecule has 1 nitrogen and oxygen atoms in total. The van der Waals surface area contributed by atoms with Crippen LogP contribution in [0, 0.1) is 0 Å². The van der Waals surface area contributed by atoms with Gasteiger partial charge >= 0.3 is 0 Å². The fourth-order valence-corrected chi connectivity index (χ4v) is 2.31. The van der Waals surface area contributed by atoms with E-state index in [9.17, 15) is 0 Å². The molecule has 0 saturated heterocycles. The van der Waals surface area contributed by atoms with Gasteiger partial charge < -0.3 is 5.32 Å². The Hall–Kier alpha value is -0.210. The molecule has 0 heterocycles. The smallest absolute Gasteiger partial charge is 0.0638 e. The second-order valence-electron chi connectivity index (χ2n) is 4.32. The Balaban J connectivity index is 2.15. The first-order valence-corrected chi connectivity index (χ1v) is 7.60. The molecule has 0 atom stereocenters. The van der Waals surface area contributed by atoms with Crippen LogP contribution < -0.4 is 5.32 Å². The summed E-state index contributed by atoms with van der Waals surface area (Å²) in [5.74, 6) is 0. The van der Waals surface area contributed by atoms with Crippen LogP contribution in [0.1, 0.15) is 45.4 Å². The van der Waals surface area contributed by atoms with Gasteiger partial charge in [0, 0.05) is 11.0 Å². The second kappa shape index (κ2) is 8.82. The zero-order valence-electron chi connectivity index (χ0n) is 10.4. The van der Waals surface area contributed by atoms with Crippen molar-refractivity contribution in [1.29, 1.82) is 0 Å². The number of unbranched alkanes of at least 4 members (excludes halogenated alkanes) is 5. The molecular formula is C14H21BrClN. The molecule has 0 aliphatic rings. The molecule has 0 radical (unpaired) electrons. The summed E-state index contributed by atoms with van der Waals surface area (Å²) < 4.78 is 1.06. The first-order chi connectivity index (χ1) is 8.24. The highest BCUT2D eigenvalue weighted by Gasteiger charge is 1.99. The number of hydrogen-bond acceptors (Lipinski definition) is 1. The van der Waals surface area contributed by atoms with E-state index in [0.717, 1.165) is 21.7 Å². The van der Waals surface area contributed by atoms with Crippen LogP contribution in [0.3, 0.4) is 0 Å². The lowest BCUT2D eigenvalue weighted by atomic mass is 10.1. The third-order valence-corrected chi connectivity index (χ3v) is 3.60. The van der Waals surface area contributed by atoms with Crippen molar-refractivity contribution in [3.8, 4) is 0 Å². The molecule has 0 fully saturated rings. The van der Waals surface area contributed by atoms with Crippen LogP contribution in [-0.2, 0) is 0 Å². The molecule has 1 aromatic carbocycles. The van der Waals surface area contributed by atoms with Gasteiger partial charge in [0.1, 0.15) is 0 Å². The van der Waals surface area contributed by atoms with E-state index in [0.29, 0.717) is 0 Å². The predicted molar refractivity (Wildman–Crippen MR) is 81.0 cm³/mol. The molecule has 0 saturated carbocycles. The highest BCUT2D eigenvalue weighted by atomic mass is 79.9. The molecule has 0 bridgehead atoms. The Kier molecular flexibility index (Phi) is 7.70. The SMILES string of the molecule is CCCCCCCCNc1cc(Br)ccc1Cl. The molecule has 1 aromatic rings. The molecule has 0 spiro atoms. The van der Waals surface area contributed by atoms with Crippen LogP contribution in [0.25, 0.3) is 0 Å². The minimum atomic E-state index is 0.791. The van der Waals surface area contributed by atoms with E-state index in [2.05, 4.69) is 28.2 Å². The van der Waals surface area contributed by atoms with E-state index in [4.69, 9.17) is 11.6 Å². The van der Waals surface area contributed by atoms with Gasteiger partial charge in [0.25, 0.3) is 0 Å². The maximum Gasteiger partial charge on any atom is 0.0638 e. The maximum absolute atomic E-state index is 6.09. The van der Waals surface area contributed by atoms with Gasteiger partial charge in [-0.15, -0.1) is 0 Å². The molecule has 1 rings (SSSR count). The highest BCUT2D eigenvalue weighted by Crippen LogP contribution is 2.25. The molecule has 96 valence electrons. The lowest BCUT2D eigenvalue weighted by Gasteiger charge is -2.08. The van der Waals surface area contributed by atoms with Gasteiger partial charge in [-0.05, 0) is 24.6 Å². The van der Waals surface area contributed by atoms with Gasteiger partial charge in [0.05, 0.1) is 10.7 Å². The third kappa shape index (κ3) is 6.32. The van der Waals surface area contributed by atoms with E-state index in [1.54, 1.807) is 0 Å². The largest absolute Gasteiger partial charge is 0.384 e. The fraction of sp³-hybridized carbons (Fsp3) is 0.571. The first-order valence-electron chi connectivity index (χ1n) is 6.43. The van der Waals surface area contributed by atoms with Crippen LogP contribution >= 0.6 is 27.5 Å². The van der Waals surface area contributed by atoms with Crippen LogP contribution in [0.2, 0.25) is 5.02 Å². The lowest BCUT2D eigenvalue weighted by Crippen LogP contribution is -2.01. The summed E-state index contributed by atoms with van der Waals surface area (Å²) in [7, 11) is 0. The third-order valence-electron chi connectivity index (χ3n) is 2.77. The van der Waals surface area contributed by atoms with Crippen LogP contribution in [-0.4, -0.2) is 6.54 Å². The molecule has 17 heavy (non-hydrogen) atoms. The molecule has 0 aliphatic carbocycles. The van der Waals surface area contributed by atoms with Crippen molar-refractivity contribution in [3.63, 3.8) is 0 Å². The van der Waals surface area contributed by atoms with Crippen molar-refractivity contribution in [1.82, 2.24) is 0 Å². The van der Waals surface area contributed by atoms with E-state index in [-0.39, 0.29) is 0 Å². The van der Waals surface area contributed by atoms with Gasteiger partial charge in [-0.2, -0.15) is 0 Å². The Morgan fingerprint density at radius 2 is 1.82 bits per heavy atom. The van der Waals surface area contributed by atoms with Gasteiger partial charge in [0.15, 0.2) is 0 Å². The van der Waals surface area contributed by atoms with E-state index < -0.39 is 0 Å². The zero-order chi connectivity index (χ0) is 12.5. The predicted octanol–water partition coefficient (Wildman–Crippen LogP) is 5.87. The van der Waals surface area contributed by atoms with Crippen molar-refractivity contribution in [3.05, 3.63) is 27.7 Å². The van der Waals surface area contributed by atoms with Crippen molar-refractivity contribution in [2.45, 2.75) is 45.4 Å². The number of hydrogen-bond donors (Lipinski definition) is 1. The fourth-order valence-electron chi connectivity index (χ4n) is 1.76. The summed E-state index contributed by atoms with van der Waals surface area (Å²) in [6.07, 6.45) is 7.91. The van der Waals surface area contributed by atoms with E-state index >= 15 is 0 Å². The molecule has 1 N–H and O–H groups in total. The topological polar surface area (TPSA) is 12.0 Å². The highest BCUT2D eigenvalue weighted by molar-refractivity contribution is 9.10. The minimum Gasteiger partial charge on any atom is -0.384 e. The quantitative estimate of drug-likeness (QED) is 0.591. The molecular weight excluding hydrogens is 298 g/mol. The number of anilines is 1. The maximum atomic E-state index is 6.09. The molecule has 0 aromatic heterocycles. The van der Waals surface area contributed by atoms with Crippen LogP contribution in [0.5, 0.6) is 0 Å². The molecule has 3 heteroatoms. The van der Waals surface area contributed by atoms with Gasteiger partial charge in [0.2, 0.25) is 0 Å². The van der Waals surface area contributed by atoms with Crippen LogP contribution in [0.4, 0.5) is 5.69 Å². The van der Waals surface area contributed by atoms with E-state index in [1.807, 2.05) is 18.2 Å². The average molecular weight is 319 g/mol. The monoisotopic (exact) mass is 317 g/mol. The van der Waals surface area contributed by atoms with Gasteiger partial charge in [-0.25, -0.2) is 0 Å². The summed E-state index contributed by atoms with van der Waals surface area (Å²) in [6, 6.07) is 5.90. The number of rotatable bonds is 8. The lowest BCUT2D eigenvalue weighted by molar-refractivity contribution is 0.617. The van der Waals surface area contributed by atoms with Crippen molar-refractivity contribution in [2.75, 3.05) is 11.9 Å². The number of halogens is 2. The Bertz CT molecular complexity index is 328. The molecule has 0 amide bonds.